The minimum Gasteiger partial charge on any atom is -0.455 e. The maximum atomic E-state index is 11.8. The predicted molar refractivity (Wildman–Crippen MR) is 120 cm³/mol. The number of non-ortho nitro benzene ring substituents is 1. The Balaban J connectivity index is 1.78. The summed E-state index contributed by atoms with van der Waals surface area (Å²) in [7, 11) is 0. The number of nitrogens with zero attached hydrogens (tertiary/aromatic N) is 3. The fourth-order valence-corrected chi connectivity index (χ4v) is 4.70. The Morgan fingerprint density at radius 2 is 1.59 bits per heavy atom. The molecular weight excluding hydrogens is 410 g/mol. The van der Waals surface area contributed by atoms with Crippen molar-refractivity contribution in [1.82, 2.24) is 0 Å². The summed E-state index contributed by atoms with van der Waals surface area (Å²) in [5.41, 5.74) is 0.614. The zero-order valence-corrected chi connectivity index (χ0v) is 17.4. The minimum absolute atomic E-state index is 0.0184. The summed E-state index contributed by atoms with van der Waals surface area (Å²) in [5.74, 6) is 0.0184. The van der Waals surface area contributed by atoms with Gasteiger partial charge in [0, 0.05) is 23.0 Å². The first kappa shape index (κ1) is 19.7. The number of nitro groups is 2. The molecule has 1 atom stereocenters. The first-order valence-electron chi connectivity index (χ1n) is 10.1. The number of hydrogen-bond donors (Lipinski definition) is 0. The summed E-state index contributed by atoms with van der Waals surface area (Å²) in [6, 6.07) is 19.8. The van der Waals surface area contributed by atoms with E-state index in [1.807, 2.05) is 79.4 Å². The van der Waals surface area contributed by atoms with Crippen LogP contribution >= 0.6 is 0 Å². The number of nitro benzene ring substituents is 2. The van der Waals surface area contributed by atoms with Crippen molar-refractivity contribution >= 4 is 28.8 Å². The fourth-order valence-electron chi connectivity index (χ4n) is 4.70. The lowest BCUT2D eigenvalue weighted by Gasteiger charge is -2.46. The predicted octanol–water partition coefficient (Wildman–Crippen LogP) is 5.73. The number of rotatable bonds is 3. The molecule has 0 aliphatic carbocycles. The largest absolute Gasteiger partial charge is 0.455 e. The highest BCUT2D eigenvalue weighted by Crippen LogP contribution is 2.58. The zero-order valence-electron chi connectivity index (χ0n) is 17.4. The summed E-state index contributed by atoms with van der Waals surface area (Å²) in [5, 5.41) is 23.2. The van der Waals surface area contributed by atoms with E-state index in [4.69, 9.17) is 4.74 Å². The number of hydrogen-bond acceptors (Lipinski definition) is 6. The smallest absolute Gasteiger partial charge is 0.318 e. The average Bonchev–Trinajstić information content (AvgIpc) is 2.97. The normalized spacial score (nSPS) is 19.9. The molecule has 8 heteroatoms. The van der Waals surface area contributed by atoms with E-state index in [1.165, 1.54) is 6.07 Å². The van der Waals surface area contributed by atoms with Gasteiger partial charge in [0.05, 0.1) is 21.3 Å². The maximum absolute atomic E-state index is 11.8. The molecule has 0 saturated carbocycles. The standard InChI is InChI=1S/C24H19N3O5/c1-23(2)19-10-6-7-11-20(19)25(17-8-4-3-5-9-17)24(23)13-12-16-14-18(26(28)29)15-21(27(30)31)22(16)32-24/h3-15H,1-2H3. The first-order valence-corrected chi connectivity index (χ1v) is 10.1. The quantitative estimate of drug-likeness (QED) is 0.389. The lowest BCUT2D eigenvalue weighted by molar-refractivity contribution is -0.395. The Hall–Kier alpha value is -4.20. The van der Waals surface area contributed by atoms with Crippen molar-refractivity contribution in [3.63, 3.8) is 0 Å². The Morgan fingerprint density at radius 1 is 0.906 bits per heavy atom. The molecule has 1 unspecified atom stereocenters. The lowest BCUT2D eigenvalue weighted by Crippen LogP contribution is -2.57. The number of benzene rings is 3. The van der Waals surface area contributed by atoms with E-state index in [1.54, 1.807) is 6.08 Å². The van der Waals surface area contributed by atoms with Gasteiger partial charge in [0.1, 0.15) is 0 Å². The second-order valence-electron chi connectivity index (χ2n) is 8.34. The molecule has 0 amide bonds. The highest BCUT2D eigenvalue weighted by Gasteiger charge is 2.60. The first-order chi connectivity index (χ1) is 15.3. The average molecular weight is 429 g/mol. The summed E-state index contributed by atoms with van der Waals surface area (Å²) < 4.78 is 6.55. The molecule has 2 aliphatic rings. The molecule has 3 aromatic rings. The third-order valence-corrected chi connectivity index (χ3v) is 6.30. The molecule has 0 bridgehead atoms. The van der Waals surface area contributed by atoms with Crippen molar-refractivity contribution < 1.29 is 14.6 Å². The number of ether oxygens (including phenoxy) is 1. The van der Waals surface area contributed by atoms with Crippen LogP contribution in [0.1, 0.15) is 25.0 Å². The van der Waals surface area contributed by atoms with E-state index in [-0.39, 0.29) is 11.4 Å². The van der Waals surface area contributed by atoms with E-state index in [0.717, 1.165) is 23.0 Å². The van der Waals surface area contributed by atoms with Gasteiger partial charge in [-0.3, -0.25) is 25.1 Å². The van der Waals surface area contributed by atoms with Crippen LogP contribution in [0.2, 0.25) is 0 Å². The number of anilines is 2. The number of para-hydroxylation sites is 2. The van der Waals surface area contributed by atoms with Crippen molar-refractivity contribution in [3.8, 4) is 5.75 Å². The van der Waals surface area contributed by atoms with Crippen molar-refractivity contribution in [2.75, 3.05) is 4.90 Å². The molecule has 8 nitrogen and oxygen atoms in total. The van der Waals surface area contributed by atoms with Gasteiger partial charge in [-0.25, -0.2) is 0 Å². The molecule has 0 aromatic heterocycles. The highest BCUT2D eigenvalue weighted by atomic mass is 16.6. The van der Waals surface area contributed by atoms with Gasteiger partial charge in [0.25, 0.3) is 5.69 Å². The summed E-state index contributed by atoms with van der Waals surface area (Å²) in [6.45, 7) is 4.06. The van der Waals surface area contributed by atoms with Crippen LogP contribution in [0.15, 0.2) is 72.8 Å². The van der Waals surface area contributed by atoms with Crippen molar-refractivity contribution in [2.45, 2.75) is 25.0 Å². The van der Waals surface area contributed by atoms with Crippen molar-refractivity contribution in [3.05, 3.63) is 104 Å². The van der Waals surface area contributed by atoms with Gasteiger partial charge in [-0.05, 0) is 49.8 Å². The van der Waals surface area contributed by atoms with Gasteiger partial charge < -0.3 is 4.74 Å². The van der Waals surface area contributed by atoms with Crippen LogP contribution in [0.4, 0.5) is 22.7 Å². The zero-order chi connectivity index (χ0) is 22.7. The van der Waals surface area contributed by atoms with E-state index in [0.29, 0.717) is 5.56 Å². The second-order valence-corrected chi connectivity index (χ2v) is 8.34. The van der Waals surface area contributed by atoms with E-state index in [9.17, 15) is 20.2 Å². The summed E-state index contributed by atoms with van der Waals surface area (Å²) in [4.78, 5) is 23.9. The Labute approximate surface area is 183 Å². The molecule has 0 saturated heterocycles. The third-order valence-electron chi connectivity index (χ3n) is 6.30. The third kappa shape index (κ3) is 2.56. The van der Waals surface area contributed by atoms with E-state index < -0.39 is 26.7 Å². The summed E-state index contributed by atoms with van der Waals surface area (Å²) >= 11 is 0. The molecule has 0 radical (unpaired) electrons. The Kier molecular flexibility index (Phi) is 4.10. The van der Waals surface area contributed by atoms with Gasteiger partial charge in [-0.1, -0.05) is 36.4 Å². The molecule has 1 spiro atoms. The molecule has 32 heavy (non-hydrogen) atoms. The molecule has 160 valence electrons. The summed E-state index contributed by atoms with van der Waals surface area (Å²) in [6.07, 6.45) is 3.53. The minimum atomic E-state index is -1.12. The van der Waals surface area contributed by atoms with Crippen LogP contribution in [0.25, 0.3) is 6.08 Å². The van der Waals surface area contributed by atoms with E-state index in [2.05, 4.69) is 0 Å². The van der Waals surface area contributed by atoms with E-state index >= 15 is 0 Å². The topological polar surface area (TPSA) is 98.8 Å². The second kappa shape index (κ2) is 6.65. The Bertz CT molecular complexity index is 1300. The van der Waals surface area contributed by atoms with Crippen LogP contribution in [0.3, 0.4) is 0 Å². The molecule has 2 aliphatic heterocycles. The number of fused-ring (bicyclic) bond motifs is 2. The molecule has 3 aromatic carbocycles. The maximum Gasteiger partial charge on any atom is 0.318 e. The molecule has 2 heterocycles. The van der Waals surface area contributed by atoms with Gasteiger partial charge >= 0.3 is 5.69 Å². The fraction of sp³-hybridized carbons (Fsp3) is 0.167. The van der Waals surface area contributed by atoms with Crippen LogP contribution in [0, 0.1) is 20.2 Å². The molecular formula is C24H19N3O5. The van der Waals surface area contributed by atoms with Gasteiger partial charge in [-0.2, -0.15) is 0 Å². The molecule has 0 N–H and O–H groups in total. The van der Waals surface area contributed by atoms with Crippen LogP contribution in [0.5, 0.6) is 5.75 Å². The van der Waals surface area contributed by atoms with Gasteiger partial charge in [0.2, 0.25) is 11.5 Å². The van der Waals surface area contributed by atoms with Crippen LogP contribution in [-0.2, 0) is 5.41 Å². The SMILES string of the molecule is CC1(C)c2ccccc2N(c2ccccc2)C12C=Cc1cc([N+](=O)[O-])cc([N+](=O)[O-])c1O2. The molecule has 0 fully saturated rings. The Morgan fingerprint density at radius 3 is 2.28 bits per heavy atom. The lowest BCUT2D eigenvalue weighted by atomic mass is 9.76. The van der Waals surface area contributed by atoms with Crippen molar-refractivity contribution in [1.29, 1.82) is 0 Å². The molecule has 5 rings (SSSR count). The van der Waals surface area contributed by atoms with Crippen LogP contribution in [-0.4, -0.2) is 15.6 Å². The van der Waals surface area contributed by atoms with Gasteiger partial charge in [0.15, 0.2) is 0 Å². The monoisotopic (exact) mass is 429 g/mol. The van der Waals surface area contributed by atoms with Crippen molar-refractivity contribution in [2.24, 2.45) is 0 Å². The highest BCUT2D eigenvalue weighted by molar-refractivity contribution is 5.81. The van der Waals surface area contributed by atoms with Crippen LogP contribution < -0.4 is 9.64 Å². The van der Waals surface area contributed by atoms with Gasteiger partial charge in [-0.15, -0.1) is 0 Å².